The van der Waals surface area contributed by atoms with E-state index in [2.05, 4.69) is 67.3 Å². The van der Waals surface area contributed by atoms with E-state index in [-0.39, 0.29) is 17.0 Å². The van der Waals surface area contributed by atoms with Crippen LogP contribution in [0.25, 0.3) is 0 Å². The molecule has 0 fully saturated rings. The Morgan fingerprint density at radius 3 is 1.72 bits per heavy atom. The molecule has 1 N–H and O–H groups in total. The molecule has 0 radical (unpaired) electrons. The Labute approximate surface area is 162 Å². The number of carboxylic acids is 1. The number of hydrogen-bond donors (Lipinski definition) is 1. The zero-order valence-corrected chi connectivity index (χ0v) is 17.4. The van der Waals surface area contributed by atoms with Gasteiger partial charge < -0.3 is 22.1 Å². The van der Waals surface area contributed by atoms with Gasteiger partial charge in [-0.15, -0.1) is 0 Å². The molecule has 4 heteroatoms. The Kier molecular flexibility index (Phi) is 10.0. The fourth-order valence-electron chi connectivity index (χ4n) is 3.16. The van der Waals surface area contributed by atoms with Gasteiger partial charge in [0, 0.05) is 6.42 Å². The van der Waals surface area contributed by atoms with Gasteiger partial charge in [-0.3, -0.25) is 4.79 Å². The van der Waals surface area contributed by atoms with Crippen LogP contribution in [-0.4, -0.2) is 23.9 Å². The van der Waals surface area contributed by atoms with E-state index in [0.29, 0.717) is 6.42 Å². The van der Waals surface area contributed by atoms with Gasteiger partial charge in [0.15, 0.2) is 0 Å². The highest BCUT2D eigenvalue weighted by molar-refractivity contribution is 7.88. The third-order valence-electron chi connectivity index (χ3n) is 4.65. The molecule has 0 unspecified atom stereocenters. The normalized spacial score (nSPS) is 10.9. The number of unbranched alkanes of at least 4 members (excludes halogenated alkanes) is 4. The molecule has 2 nitrogen and oxygen atoms in total. The first-order chi connectivity index (χ1) is 11.6. The Morgan fingerprint density at radius 2 is 1.24 bits per heavy atom. The molecule has 0 atom stereocenters. The van der Waals surface area contributed by atoms with E-state index in [9.17, 15) is 4.79 Å². The van der Waals surface area contributed by atoms with Crippen LogP contribution >= 0.6 is 7.26 Å². The predicted octanol–water partition coefficient (Wildman–Crippen LogP) is 1.71. The standard InChI is InChI=1S/C21H27O2P.BrH/c1-24(19-13-7-5-8-14-19,20-15-9-6-10-16-20)18-12-4-2-3-11-17-21(22)23;/h5-10,13-16H,2-4,11-12,17-18H2,1H3;1H. The summed E-state index contributed by atoms with van der Waals surface area (Å²) in [5.74, 6) is -0.679. The van der Waals surface area contributed by atoms with Crippen LogP contribution < -0.4 is 27.6 Å². The highest BCUT2D eigenvalue weighted by Crippen LogP contribution is 2.53. The topological polar surface area (TPSA) is 37.3 Å². The lowest BCUT2D eigenvalue weighted by Crippen LogP contribution is -3.00. The molecule has 0 aliphatic carbocycles. The molecule has 0 saturated carbocycles. The molecule has 2 aromatic rings. The number of carboxylic acid groups (broad SMARTS) is 1. The van der Waals surface area contributed by atoms with Gasteiger partial charge in [-0.05, 0) is 43.5 Å². The summed E-state index contributed by atoms with van der Waals surface area (Å²) in [7, 11) is -1.34. The van der Waals surface area contributed by atoms with Crippen molar-refractivity contribution in [2.45, 2.75) is 38.5 Å². The van der Waals surface area contributed by atoms with Crippen molar-refractivity contribution in [2.75, 3.05) is 12.8 Å². The minimum Gasteiger partial charge on any atom is -1.00 e. The molecule has 0 saturated heterocycles. The Balaban J connectivity index is 0.00000312. The van der Waals surface area contributed by atoms with Crippen LogP contribution in [0.2, 0.25) is 0 Å². The van der Waals surface area contributed by atoms with Gasteiger partial charge in [0.1, 0.15) is 0 Å². The number of halogens is 1. The maximum Gasteiger partial charge on any atom is 0.303 e. The van der Waals surface area contributed by atoms with Gasteiger partial charge >= 0.3 is 5.97 Å². The maximum atomic E-state index is 10.5. The van der Waals surface area contributed by atoms with Crippen molar-refractivity contribution in [1.29, 1.82) is 0 Å². The highest BCUT2D eigenvalue weighted by Gasteiger charge is 2.36. The molecule has 2 rings (SSSR count). The smallest absolute Gasteiger partial charge is 0.303 e. The fourth-order valence-corrected chi connectivity index (χ4v) is 6.49. The lowest BCUT2D eigenvalue weighted by Gasteiger charge is -2.23. The van der Waals surface area contributed by atoms with Crippen molar-refractivity contribution in [3.05, 3.63) is 60.7 Å². The molecule has 2 aromatic carbocycles. The molecule has 136 valence electrons. The van der Waals surface area contributed by atoms with Crippen molar-refractivity contribution in [3.8, 4) is 0 Å². The molecule has 0 aliphatic heterocycles. The zero-order chi connectivity index (χ0) is 17.3. The Morgan fingerprint density at radius 1 is 0.800 bits per heavy atom. The van der Waals surface area contributed by atoms with Crippen LogP contribution in [0.3, 0.4) is 0 Å². The first kappa shape index (κ1) is 21.9. The summed E-state index contributed by atoms with van der Waals surface area (Å²) < 4.78 is 0. The van der Waals surface area contributed by atoms with Crippen LogP contribution in [0.15, 0.2) is 60.7 Å². The van der Waals surface area contributed by atoms with Crippen molar-refractivity contribution in [1.82, 2.24) is 0 Å². The molecule has 0 bridgehead atoms. The van der Waals surface area contributed by atoms with Crippen molar-refractivity contribution in [2.24, 2.45) is 0 Å². The molecule has 0 heterocycles. The maximum absolute atomic E-state index is 10.5. The molecular weight excluding hydrogens is 395 g/mol. The van der Waals surface area contributed by atoms with Crippen molar-refractivity contribution in [3.63, 3.8) is 0 Å². The second kappa shape index (κ2) is 11.4. The van der Waals surface area contributed by atoms with Gasteiger partial charge in [-0.2, -0.15) is 0 Å². The van der Waals surface area contributed by atoms with Crippen molar-refractivity contribution >= 4 is 23.8 Å². The average Bonchev–Trinajstić information content (AvgIpc) is 2.62. The zero-order valence-electron chi connectivity index (χ0n) is 14.9. The van der Waals surface area contributed by atoms with E-state index < -0.39 is 13.2 Å². The van der Waals surface area contributed by atoms with E-state index in [1.165, 1.54) is 29.6 Å². The molecule has 0 spiro atoms. The number of benzene rings is 2. The van der Waals surface area contributed by atoms with Gasteiger partial charge in [-0.25, -0.2) is 0 Å². The summed E-state index contributed by atoms with van der Waals surface area (Å²) in [6.07, 6.45) is 6.89. The summed E-state index contributed by atoms with van der Waals surface area (Å²) >= 11 is 0. The first-order valence-electron chi connectivity index (χ1n) is 8.81. The van der Waals surface area contributed by atoms with E-state index in [1.54, 1.807) is 0 Å². The van der Waals surface area contributed by atoms with Crippen molar-refractivity contribution < 1.29 is 26.9 Å². The molecule has 0 aliphatic rings. The quantitative estimate of drug-likeness (QED) is 0.467. The van der Waals surface area contributed by atoms with Gasteiger partial charge in [0.2, 0.25) is 0 Å². The lowest BCUT2D eigenvalue weighted by molar-refractivity contribution is -0.137. The third kappa shape index (κ3) is 6.92. The highest BCUT2D eigenvalue weighted by atomic mass is 79.9. The SMILES string of the molecule is C[P+](CCCCCCCC(=O)O)(c1ccccc1)c1ccccc1.[Br-]. The monoisotopic (exact) mass is 422 g/mol. The Hall–Kier alpha value is -1.18. The summed E-state index contributed by atoms with van der Waals surface area (Å²) in [6.45, 7) is 2.45. The summed E-state index contributed by atoms with van der Waals surface area (Å²) in [4.78, 5) is 10.5. The van der Waals surface area contributed by atoms with Gasteiger partial charge in [0.05, 0.1) is 30.7 Å². The van der Waals surface area contributed by atoms with Gasteiger partial charge in [-0.1, -0.05) is 49.2 Å². The number of aliphatic carboxylic acids is 1. The van der Waals surface area contributed by atoms with Gasteiger partial charge in [0.25, 0.3) is 0 Å². The lowest BCUT2D eigenvalue weighted by atomic mass is 10.1. The largest absolute Gasteiger partial charge is 1.00 e. The number of rotatable bonds is 10. The third-order valence-corrected chi connectivity index (χ3v) is 8.73. The molecular formula is C21H28BrO2P. The molecule has 0 amide bonds. The average molecular weight is 423 g/mol. The van der Waals surface area contributed by atoms with Crippen LogP contribution in [0.5, 0.6) is 0 Å². The summed E-state index contributed by atoms with van der Waals surface area (Å²) in [6, 6.07) is 21.8. The molecule has 0 aromatic heterocycles. The van der Waals surface area contributed by atoms with Crippen LogP contribution in [-0.2, 0) is 4.79 Å². The summed E-state index contributed by atoms with van der Waals surface area (Å²) in [5.41, 5.74) is 0. The minimum absolute atomic E-state index is 0. The predicted molar refractivity (Wildman–Crippen MR) is 105 cm³/mol. The minimum atomic E-state index is -1.34. The van der Waals surface area contributed by atoms with E-state index in [1.807, 2.05) is 0 Å². The van der Waals surface area contributed by atoms with Crippen LogP contribution in [0.1, 0.15) is 38.5 Å². The number of hydrogen-bond acceptors (Lipinski definition) is 1. The Bertz CT molecular complexity index is 577. The first-order valence-corrected chi connectivity index (χ1v) is 11.2. The van der Waals surface area contributed by atoms with Crippen LogP contribution in [0, 0.1) is 0 Å². The summed E-state index contributed by atoms with van der Waals surface area (Å²) in [5, 5.41) is 11.6. The second-order valence-corrected chi connectivity index (χ2v) is 10.4. The number of carbonyl (C=O) groups is 1. The van der Waals surface area contributed by atoms with Crippen LogP contribution in [0.4, 0.5) is 0 Å². The fraction of sp³-hybridized carbons (Fsp3) is 0.381. The van der Waals surface area contributed by atoms with E-state index >= 15 is 0 Å². The second-order valence-electron chi connectivity index (χ2n) is 6.50. The molecule has 25 heavy (non-hydrogen) atoms. The van der Waals surface area contributed by atoms with E-state index in [0.717, 1.165) is 19.3 Å². The van der Waals surface area contributed by atoms with E-state index in [4.69, 9.17) is 5.11 Å².